The maximum absolute atomic E-state index is 10.9. The second-order valence-corrected chi connectivity index (χ2v) is 5.58. The van der Waals surface area contributed by atoms with E-state index in [9.17, 15) is 4.57 Å². The summed E-state index contributed by atoms with van der Waals surface area (Å²) in [5.74, 6) is 0. The standard InChI is InChI=1S/C4H10BrO2P/c1-3-7-8(2,6)4-5/h3-4H2,1-2H3. The van der Waals surface area contributed by atoms with E-state index in [0.29, 0.717) is 11.7 Å². The van der Waals surface area contributed by atoms with Gasteiger partial charge in [-0.25, -0.2) is 0 Å². The molecule has 4 heteroatoms. The summed E-state index contributed by atoms with van der Waals surface area (Å²) < 4.78 is 15.8. The highest BCUT2D eigenvalue weighted by molar-refractivity contribution is 9.10. The molecule has 0 aromatic rings. The largest absolute Gasteiger partial charge is 0.328 e. The second kappa shape index (κ2) is 3.65. The van der Waals surface area contributed by atoms with Gasteiger partial charge in [-0.2, -0.15) is 0 Å². The maximum atomic E-state index is 10.9. The van der Waals surface area contributed by atoms with Crippen LogP contribution in [0.1, 0.15) is 6.92 Å². The van der Waals surface area contributed by atoms with Gasteiger partial charge >= 0.3 is 0 Å². The lowest BCUT2D eigenvalue weighted by molar-refractivity contribution is 0.341. The van der Waals surface area contributed by atoms with Crippen LogP contribution in [0.3, 0.4) is 0 Å². The summed E-state index contributed by atoms with van der Waals surface area (Å²) in [7, 11) is -2.26. The Labute approximate surface area is 58.2 Å². The summed E-state index contributed by atoms with van der Waals surface area (Å²) in [4.78, 5) is 0. The molecule has 1 atom stereocenters. The van der Waals surface area contributed by atoms with Crippen LogP contribution < -0.4 is 0 Å². The van der Waals surface area contributed by atoms with Crippen molar-refractivity contribution in [3.8, 4) is 0 Å². The second-order valence-electron chi connectivity index (χ2n) is 1.55. The summed E-state index contributed by atoms with van der Waals surface area (Å²) in [5.41, 5.74) is 0. The van der Waals surface area contributed by atoms with Gasteiger partial charge in [0.25, 0.3) is 0 Å². The Morgan fingerprint density at radius 3 is 2.38 bits per heavy atom. The van der Waals surface area contributed by atoms with Crippen molar-refractivity contribution >= 4 is 23.3 Å². The number of rotatable bonds is 3. The lowest BCUT2D eigenvalue weighted by Gasteiger charge is -2.06. The Hall–Kier alpha value is 0.670. The van der Waals surface area contributed by atoms with E-state index in [1.54, 1.807) is 6.66 Å². The summed E-state index contributed by atoms with van der Waals surface area (Å²) in [6.45, 7) is 3.98. The van der Waals surface area contributed by atoms with E-state index >= 15 is 0 Å². The minimum absolute atomic E-state index is 0.452. The third-order valence-electron chi connectivity index (χ3n) is 0.619. The molecule has 0 radical (unpaired) electrons. The first kappa shape index (κ1) is 8.67. The zero-order valence-electron chi connectivity index (χ0n) is 5.06. The Balaban J connectivity index is 3.55. The van der Waals surface area contributed by atoms with Crippen LogP contribution in [0, 0.1) is 0 Å². The highest BCUT2D eigenvalue weighted by Gasteiger charge is 2.10. The van der Waals surface area contributed by atoms with Gasteiger partial charge in [-0.1, -0.05) is 15.9 Å². The van der Waals surface area contributed by atoms with Crippen molar-refractivity contribution in [2.45, 2.75) is 6.92 Å². The lowest BCUT2D eigenvalue weighted by Crippen LogP contribution is -1.86. The predicted molar refractivity (Wildman–Crippen MR) is 39.0 cm³/mol. The molecule has 0 fully saturated rings. The molecule has 0 spiro atoms. The van der Waals surface area contributed by atoms with Crippen LogP contribution in [0.2, 0.25) is 0 Å². The van der Waals surface area contributed by atoms with E-state index in [2.05, 4.69) is 15.9 Å². The van der Waals surface area contributed by atoms with Crippen molar-refractivity contribution < 1.29 is 9.09 Å². The highest BCUT2D eigenvalue weighted by Crippen LogP contribution is 2.43. The zero-order valence-corrected chi connectivity index (χ0v) is 7.54. The van der Waals surface area contributed by atoms with Crippen LogP contribution in [0.15, 0.2) is 0 Å². The molecule has 0 saturated heterocycles. The fourth-order valence-corrected chi connectivity index (χ4v) is 1.36. The average molecular weight is 201 g/mol. The molecule has 0 saturated carbocycles. The Morgan fingerprint density at radius 1 is 1.75 bits per heavy atom. The molecular weight excluding hydrogens is 191 g/mol. The van der Waals surface area contributed by atoms with E-state index in [4.69, 9.17) is 4.52 Å². The zero-order chi connectivity index (χ0) is 6.62. The van der Waals surface area contributed by atoms with Crippen LogP contribution >= 0.6 is 23.3 Å². The molecule has 0 aliphatic heterocycles. The third kappa shape index (κ3) is 3.65. The molecule has 2 nitrogen and oxygen atoms in total. The van der Waals surface area contributed by atoms with Crippen molar-refractivity contribution in [2.75, 3.05) is 18.3 Å². The van der Waals surface area contributed by atoms with Gasteiger partial charge in [0.15, 0.2) is 0 Å². The molecule has 50 valence electrons. The Bertz CT molecular complexity index is 104. The number of hydrogen-bond donors (Lipinski definition) is 0. The monoisotopic (exact) mass is 200 g/mol. The van der Waals surface area contributed by atoms with Gasteiger partial charge in [0.2, 0.25) is 7.37 Å². The minimum Gasteiger partial charge on any atom is -0.328 e. The number of hydrogen-bond acceptors (Lipinski definition) is 2. The average Bonchev–Trinajstić information content (AvgIpc) is 1.67. The fourth-order valence-electron chi connectivity index (χ4n) is 0.308. The van der Waals surface area contributed by atoms with Crippen LogP contribution in [-0.2, 0) is 9.09 Å². The minimum atomic E-state index is -2.26. The molecule has 8 heavy (non-hydrogen) atoms. The maximum Gasteiger partial charge on any atom is 0.210 e. The molecule has 0 amide bonds. The fraction of sp³-hybridized carbons (Fsp3) is 1.00. The van der Waals surface area contributed by atoms with Gasteiger partial charge in [-0.15, -0.1) is 0 Å². The highest BCUT2D eigenvalue weighted by atomic mass is 79.9. The molecule has 0 aliphatic carbocycles. The van der Waals surface area contributed by atoms with Crippen molar-refractivity contribution in [2.24, 2.45) is 0 Å². The van der Waals surface area contributed by atoms with Gasteiger partial charge in [-0.05, 0) is 6.92 Å². The molecule has 0 bridgehead atoms. The van der Waals surface area contributed by atoms with Gasteiger partial charge in [0.05, 0.1) is 11.7 Å². The number of alkyl halides is 1. The SMILES string of the molecule is CCOP(C)(=O)CBr. The van der Waals surface area contributed by atoms with Crippen LogP contribution in [0.25, 0.3) is 0 Å². The van der Waals surface area contributed by atoms with E-state index in [-0.39, 0.29) is 0 Å². The summed E-state index contributed by atoms with van der Waals surface area (Å²) in [6.07, 6.45) is 0. The lowest BCUT2D eigenvalue weighted by atomic mass is 10.9. The molecule has 0 N–H and O–H groups in total. The quantitative estimate of drug-likeness (QED) is 0.517. The van der Waals surface area contributed by atoms with Crippen LogP contribution in [0.4, 0.5) is 0 Å². The normalized spacial score (nSPS) is 17.9. The molecule has 0 rings (SSSR count). The summed E-state index contributed by atoms with van der Waals surface area (Å²) >= 11 is 3.08. The smallest absolute Gasteiger partial charge is 0.210 e. The molecule has 0 aromatic carbocycles. The number of halogens is 1. The van der Waals surface area contributed by atoms with E-state index in [1.807, 2.05) is 6.92 Å². The van der Waals surface area contributed by atoms with Crippen molar-refractivity contribution in [1.82, 2.24) is 0 Å². The van der Waals surface area contributed by atoms with Crippen LogP contribution in [0.5, 0.6) is 0 Å². The molecule has 0 aromatic heterocycles. The van der Waals surface area contributed by atoms with Gasteiger partial charge in [-0.3, -0.25) is 4.57 Å². The topological polar surface area (TPSA) is 26.3 Å². The molecular formula is C4H10BrO2P. The first-order valence-electron chi connectivity index (χ1n) is 2.39. The Kier molecular flexibility index (Phi) is 3.95. The molecule has 1 unspecified atom stereocenters. The predicted octanol–water partition coefficient (Wildman–Crippen LogP) is 2.28. The van der Waals surface area contributed by atoms with Gasteiger partial charge in [0, 0.05) is 6.66 Å². The first-order chi connectivity index (χ1) is 3.62. The van der Waals surface area contributed by atoms with Crippen molar-refractivity contribution in [3.63, 3.8) is 0 Å². The third-order valence-corrected chi connectivity index (χ3v) is 4.59. The van der Waals surface area contributed by atoms with Crippen molar-refractivity contribution in [1.29, 1.82) is 0 Å². The Morgan fingerprint density at radius 2 is 2.25 bits per heavy atom. The van der Waals surface area contributed by atoms with Gasteiger partial charge in [0.1, 0.15) is 0 Å². The molecule has 0 heterocycles. The van der Waals surface area contributed by atoms with E-state index in [1.165, 1.54) is 0 Å². The van der Waals surface area contributed by atoms with E-state index in [0.717, 1.165) is 0 Å². The van der Waals surface area contributed by atoms with Crippen LogP contribution in [-0.4, -0.2) is 18.3 Å². The first-order valence-corrected chi connectivity index (χ1v) is 5.77. The van der Waals surface area contributed by atoms with Crippen molar-refractivity contribution in [3.05, 3.63) is 0 Å². The summed E-state index contributed by atoms with van der Waals surface area (Å²) in [6, 6.07) is 0. The molecule has 0 aliphatic rings. The summed E-state index contributed by atoms with van der Waals surface area (Å²) in [5, 5.41) is 0.452. The van der Waals surface area contributed by atoms with E-state index < -0.39 is 7.37 Å². The van der Waals surface area contributed by atoms with Gasteiger partial charge < -0.3 is 4.52 Å².